The van der Waals surface area contributed by atoms with Gasteiger partial charge in [0.25, 0.3) is 5.91 Å². The van der Waals surface area contributed by atoms with Gasteiger partial charge in [0, 0.05) is 19.3 Å². The Bertz CT molecular complexity index is 466. The second kappa shape index (κ2) is 5.08. The lowest BCUT2D eigenvalue weighted by molar-refractivity contribution is -0.142. The quantitative estimate of drug-likeness (QED) is 0.855. The molecule has 106 valence electrons. The van der Waals surface area contributed by atoms with E-state index in [-0.39, 0.29) is 11.4 Å². The van der Waals surface area contributed by atoms with E-state index in [2.05, 4.69) is 5.10 Å². The molecule has 0 aliphatic carbocycles. The molecule has 0 saturated carbocycles. The third-order valence-electron chi connectivity index (χ3n) is 2.66. The molecule has 1 saturated heterocycles. The number of hydrogen-bond acceptors (Lipinski definition) is 4. The molecule has 1 fully saturated rings. The number of anilines is 1. The van der Waals surface area contributed by atoms with Crippen molar-refractivity contribution in [3.8, 4) is 0 Å². The Morgan fingerprint density at radius 2 is 2.05 bits per heavy atom. The average Bonchev–Trinajstić information content (AvgIpc) is 2.68. The van der Waals surface area contributed by atoms with Crippen LogP contribution in [0.4, 0.5) is 19.0 Å². The molecular formula is C10H13F3N4O2. The molecule has 1 aliphatic heterocycles. The fourth-order valence-corrected chi connectivity index (χ4v) is 1.80. The lowest BCUT2D eigenvalue weighted by atomic mass is 10.2. The van der Waals surface area contributed by atoms with Crippen LogP contribution in [0, 0.1) is 0 Å². The lowest BCUT2D eigenvalue weighted by Gasteiger charge is -2.26. The molecule has 0 unspecified atom stereocenters. The minimum atomic E-state index is -4.41. The highest BCUT2D eigenvalue weighted by molar-refractivity contribution is 5.98. The van der Waals surface area contributed by atoms with Crippen molar-refractivity contribution in [2.45, 2.75) is 12.7 Å². The normalized spacial score (nSPS) is 16.7. The third-order valence-corrected chi connectivity index (χ3v) is 2.66. The van der Waals surface area contributed by atoms with Crippen LogP contribution in [0.15, 0.2) is 6.20 Å². The number of ether oxygens (including phenoxy) is 1. The molecule has 19 heavy (non-hydrogen) atoms. The van der Waals surface area contributed by atoms with Gasteiger partial charge in [-0.1, -0.05) is 0 Å². The topological polar surface area (TPSA) is 73.4 Å². The Kier molecular flexibility index (Phi) is 3.65. The zero-order valence-corrected chi connectivity index (χ0v) is 9.98. The van der Waals surface area contributed by atoms with Gasteiger partial charge < -0.3 is 15.4 Å². The van der Waals surface area contributed by atoms with E-state index >= 15 is 0 Å². The number of alkyl halides is 3. The second-order valence-electron chi connectivity index (χ2n) is 4.15. The second-order valence-corrected chi connectivity index (χ2v) is 4.15. The maximum atomic E-state index is 12.2. The fraction of sp³-hybridized carbons (Fsp3) is 0.600. The first-order chi connectivity index (χ1) is 8.87. The summed E-state index contributed by atoms with van der Waals surface area (Å²) in [6.45, 7) is 0.323. The predicted octanol–water partition coefficient (Wildman–Crippen LogP) is 0.500. The number of carbonyl (C=O) groups is 1. The predicted molar refractivity (Wildman–Crippen MR) is 59.4 cm³/mol. The summed E-state index contributed by atoms with van der Waals surface area (Å²) in [4.78, 5) is 13.5. The number of halogens is 3. The van der Waals surface area contributed by atoms with Crippen LogP contribution in [0.1, 0.15) is 10.4 Å². The van der Waals surface area contributed by atoms with Gasteiger partial charge in [0.2, 0.25) is 0 Å². The largest absolute Gasteiger partial charge is 0.408 e. The summed E-state index contributed by atoms with van der Waals surface area (Å²) in [5.74, 6) is -0.616. The minimum absolute atomic E-state index is 0.00819. The number of rotatable bonds is 2. The van der Waals surface area contributed by atoms with Crippen LogP contribution >= 0.6 is 0 Å². The molecule has 2 heterocycles. The van der Waals surface area contributed by atoms with Gasteiger partial charge in [-0.05, 0) is 0 Å². The van der Waals surface area contributed by atoms with Crippen molar-refractivity contribution >= 4 is 11.7 Å². The summed E-state index contributed by atoms with van der Waals surface area (Å²) in [5, 5.41) is 3.51. The first-order valence-corrected chi connectivity index (χ1v) is 5.63. The van der Waals surface area contributed by atoms with Gasteiger partial charge >= 0.3 is 6.18 Å². The van der Waals surface area contributed by atoms with E-state index in [1.54, 1.807) is 0 Å². The SMILES string of the molecule is Nc1nn(CC(F)(F)F)cc1C(=O)N1CCOCC1. The van der Waals surface area contributed by atoms with Crippen LogP contribution in [0.25, 0.3) is 0 Å². The van der Waals surface area contributed by atoms with E-state index in [1.165, 1.54) is 4.90 Å². The van der Waals surface area contributed by atoms with E-state index in [1.807, 2.05) is 0 Å². The van der Waals surface area contributed by atoms with Crippen molar-refractivity contribution in [3.63, 3.8) is 0 Å². The average molecular weight is 278 g/mol. The molecule has 1 aromatic rings. The molecule has 6 nitrogen and oxygen atoms in total. The van der Waals surface area contributed by atoms with Gasteiger partial charge in [0.15, 0.2) is 5.82 Å². The third kappa shape index (κ3) is 3.37. The van der Waals surface area contributed by atoms with Crippen molar-refractivity contribution < 1.29 is 22.7 Å². The van der Waals surface area contributed by atoms with Crippen molar-refractivity contribution in [2.24, 2.45) is 0 Å². The summed E-state index contributed by atoms with van der Waals surface area (Å²) in [6, 6.07) is 0. The van der Waals surface area contributed by atoms with Crippen LogP contribution in [0.5, 0.6) is 0 Å². The Balaban J connectivity index is 2.13. The molecule has 2 rings (SSSR count). The molecule has 9 heteroatoms. The van der Waals surface area contributed by atoms with E-state index < -0.39 is 18.6 Å². The molecule has 0 bridgehead atoms. The molecule has 0 radical (unpaired) electrons. The van der Waals surface area contributed by atoms with E-state index in [4.69, 9.17) is 10.5 Å². The van der Waals surface area contributed by atoms with E-state index in [0.717, 1.165) is 6.20 Å². The fourth-order valence-electron chi connectivity index (χ4n) is 1.80. The summed E-state index contributed by atoms with van der Waals surface area (Å²) >= 11 is 0. The van der Waals surface area contributed by atoms with Crippen molar-refractivity contribution in [1.29, 1.82) is 0 Å². The Morgan fingerprint density at radius 3 is 2.63 bits per heavy atom. The van der Waals surface area contributed by atoms with Gasteiger partial charge in [-0.15, -0.1) is 0 Å². The Morgan fingerprint density at radius 1 is 1.42 bits per heavy atom. The highest BCUT2D eigenvalue weighted by Crippen LogP contribution is 2.20. The van der Waals surface area contributed by atoms with E-state index in [0.29, 0.717) is 31.0 Å². The van der Waals surface area contributed by atoms with Gasteiger partial charge in [-0.3, -0.25) is 9.48 Å². The number of morpholine rings is 1. The maximum absolute atomic E-state index is 12.2. The van der Waals surface area contributed by atoms with Crippen LogP contribution < -0.4 is 5.73 Å². The summed E-state index contributed by atoms with van der Waals surface area (Å²) < 4.78 is 42.4. The van der Waals surface area contributed by atoms with Crippen LogP contribution in [-0.2, 0) is 11.3 Å². The van der Waals surface area contributed by atoms with Crippen LogP contribution in [0.2, 0.25) is 0 Å². The molecule has 0 atom stereocenters. The number of hydrogen-bond donors (Lipinski definition) is 1. The van der Waals surface area contributed by atoms with Gasteiger partial charge in [-0.25, -0.2) is 0 Å². The zero-order chi connectivity index (χ0) is 14.0. The Labute approximate surface area is 106 Å². The number of aromatic nitrogens is 2. The standard InChI is InChI=1S/C10H13F3N4O2/c11-10(12,13)6-17-5-7(8(14)15-17)9(18)16-1-3-19-4-2-16/h5H,1-4,6H2,(H2,14,15). The monoisotopic (exact) mass is 278 g/mol. The highest BCUT2D eigenvalue weighted by atomic mass is 19.4. The summed E-state index contributed by atoms with van der Waals surface area (Å²) in [7, 11) is 0. The number of carbonyl (C=O) groups excluding carboxylic acids is 1. The molecule has 2 N–H and O–H groups in total. The highest BCUT2D eigenvalue weighted by Gasteiger charge is 2.30. The molecule has 0 aromatic carbocycles. The number of nitrogens with two attached hydrogens (primary N) is 1. The first-order valence-electron chi connectivity index (χ1n) is 5.63. The van der Waals surface area contributed by atoms with Crippen molar-refractivity contribution in [3.05, 3.63) is 11.8 Å². The Hall–Kier alpha value is -1.77. The van der Waals surface area contributed by atoms with Gasteiger partial charge in [0.1, 0.15) is 12.1 Å². The summed E-state index contributed by atoms with van der Waals surface area (Å²) in [6.07, 6.45) is -3.38. The van der Waals surface area contributed by atoms with Crippen LogP contribution in [0.3, 0.4) is 0 Å². The molecular weight excluding hydrogens is 265 g/mol. The van der Waals surface area contributed by atoms with Gasteiger partial charge in [0.05, 0.1) is 13.2 Å². The van der Waals surface area contributed by atoms with Gasteiger partial charge in [-0.2, -0.15) is 18.3 Å². The number of nitrogens with zero attached hydrogens (tertiary/aromatic N) is 3. The van der Waals surface area contributed by atoms with Crippen LogP contribution in [-0.4, -0.2) is 53.1 Å². The molecule has 1 aliphatic rings. The summed E-state index contributed by atoms with van der Waals surface area (Å²) in [5.41, 5.74) is 5.48. The first kappa shape index (κ1) is 13.7. The molecule has 1 amide bonds. The smallest absolute Gasteiger partial charge is 0.382 e. The number of nitrogen functional groups attached to an aromatic ring is 1. The minimum Gasteiger partial charge on any atom is -0.382 e. The maximum Gasteiger partial charge on any atom is 0.408 e. The van der Waals surface area contributed by atoms with E-state index in [9.17, 15) is 18.0 Å². The zero-order valence-electron chi connectivity index (χ0n) is 9.98. The molecule has 1 aromatic heterocycles. The van der Waals surface area contributed by atoms with Crippen molar-refractivity contribution in [2.75, 3.05) is 32.0 Å². The number of amides is 1. The van der Waals surface area contributed by atoms with Crippen molar-refractivity contribution in [1.82, 2.24) is 14.7 Å². The lowest BCUT2D eigenvalue weighted by Crippen LogP contribution is -2.40. The molecule has 0 spiro atoms.